The number of hydrogen-bond acceptors (Lipinski definition) is 4. The molecule has 1 aromatic rings. The summed E-state index contributed by atoms with van der Waals surface area (Å²) in [5, 5.41) is 8.89. The van der Waals surface area contributed by atoms with Crippen molar-refractivity contribution in [2.24, 2.45) is 0 Å². The highest BCUT2D eigenvalue weighted by Gasteiger charge is 2.30. The number of hydrogen-bond donors (Lipinski definition) is 1. The zero-order valence-electron chi connectivity index (χ0n) is 10.5. The highest BCUT2D eigenvalue weighted by Crippen LogP contribution is 2.27. The van der Waals surface area contributed by atoms with Crippen molar-refractivity contribution in [2.45, 2.75) is 18.9 Å². The first-order chi connectivity index (χ1) is 8.78. The molecule has 4 nitrogen and oxygen atoms in total. The lowest BCUT2D eigenvalue weighted by Gasteiger charge is -2.38. The molecule has 1 aromatic carbocycles. The van der Waals surface area contributed by atoms with Crippen molar-refractivity contribution in [3.8, 4) is 6.07 Å². The van der Waals surface area contributed by atoms with E-state index in [0.717, 1.165) is 25.3 Å². The SMILES string of the molecule is N#Cc1ccc(N2CCN3CCCC3C2)cc1N. The van der Waals surface area contributed by atoms with Crippen molar-refractivity contribution < 1.29 is 0 Å². The molecule has 94 valence electrons. The normalized spacial score (nSPS) is 23.7. The molecule has 2 saturated heterocycles. The van der Waals surface area contributed by atoms with E-state index in [1.165, 1.54) is 19.4 Å². The molecule has 0 aliphatic carbocycles. The maximum absolute atomic E-state index is 8.89. The molecule has 4 heteroatoms. The lowest BCUT2D eigenvalue weighted by molar-refractivity contribution is 0.231. The third-order valence-corrected chi connectivity index (χ3v) is 4.11. The maximum atomic E-state index is 8.89. The number of anilines is 2. The summed E-state index contributed by atoms with van der Waals surface area (Å²) in [4.78, 5) is 4.98. The van der Waals surface area contributed by atoms with Gasteiger partial charge in [0.05, 0.1) is 11.3 Å². The molecule has 0 aromatic heterocycles. The minimum atomic E-state index is 0.568. The van der Waals surface area contributed by atoms with E-state index in [9.17, 15) is 0 Å². The summed E-state index contributed by atoms with van der Waals surface area (Å²) in [6.45, 7) is 4.55. The minimum Gasteiger partial charge on any atom is -0.398 e. The van der Waals surface area contributed by atoms with E-state index in [1.807, 2.05) is 18.2 Å². The van der Waals surface area contributed by atoms with Crippen LogP contribution in [0.5, 0.6) is 0 Å². The van der Waals surface area contributed by atoms with Crippen molar-refractivity contribution in [2.75, 3.05) is 36.8 Å². The van der Waals surface area contributed by atoms with Crippen LogP contribution >= 0.6 is 0 Å². The Morgan fingerprint density at radius 1 is 1.28 bits per heavy atom. The largest absolute Gasteiger partial charge is 0.398 e. The third kappa shape index (κ3) is 1.91. The van der Waals surface area contributed by atoms with Gasteiger partial charge in [-0.15, -0.1) is 0 Å². The van der Waals surface area contributed by atoms with E-state index >= 15 is 0 Å². The molecule has 0 amide bonds. The second-order valence-electron chi connectivity index (χ2n) is 5.16. The van der Waals surface area contributed by atoms with Gasteiger partial charge in [-0.1, -0.05) is 0 Å². The standard InChI is InChI=1S/C14H18N4/c15-9-11-3-4-12(8-14(11)16)18-7-6-17-5-1-2-13(17)10-18/h3-4,8,13H,1-2,5-7,10,16H2. The number of nitrogen functional groups attached to an aromatic ring is 1. The van der Waals surface area contributed by atoms with Crippen molar-refractivity contribution in [3.05, 3.63) is 23.8 Å². The molecule has 2 N–H and O–H groups in total. The molecule has 1 atom stereocenters. The van der Waals surface area contributed by atoms with Crippen LogP contribution in [0.4, 0.5) is 11.4 Å². The molecule has 0 spiro atoms. The van der Waals surface area contributed by atoms with E-state index in [0.29, 0.717) is 17.3 Å². The lowest BCUT2D eigenvalue weighted by atomic mass is 10.1. The van der Waals surface area contributed by atoms with Crippen LogP contribution in [-0.4, -0.2) is 37.1 Å². The Morgan fingerprint density at radius 2 is 2.17 bits per heavy atom. The topological polar surface area (TPSA) is 56.3 Å². The molecule has 1 unspecified atom stereocenters. The first-order valence-electron chi connectivity index (χ1n) is 6.56. The number of fused-ring (bicyclic) bond motifs is 1. The Labute approximate surface area is 108 Å². The van der Waals surface area contributed by atoms with Crippen molar-refractivity contribution in [1.82, 2.24) is 4.90 Å². The maximum Gasteiger partial charge on any atom is 0.101 e. The summed E-state index contributed by atoms with van der Waals surface area (Å²) in [7, 11) is 0. The molecule has 3 rings (SSSR count). The zero-order valence-corrected chi connectivity index (χ0v) is 10.5. The molecule has 18 heavy (non-hydrogen) atoms. The number of nitrogens with zero attached hydrogens (tertiary/aromatic N) is 3. The first-order valence-corrected chi connectivity index (χ1v) is 6.56. The van der Waals surface area contributed by atoms with Gasteiger partial charge in [-0.3, -0.25) is 4.90 Å². The number of nitriles is 1. The summed E-state index contributed by atoms with van der Waals surface area (Å²) in [6, 6.07) is 8.59. The van der Waals surface area contributed by atoms with Gasteiger partial charge in [0.15, 0.2) is 0 Å². The molecule has 0 radical (unpaired) electrons. The molecular weight excluding hydrogens is 224 g/mol. The first kappa shape index (κ1) is 11.4. The lowest BCUT2D eigenvalue weighted by Crippen LogP contribution is -2.50. The van der Waals surface area contributed by atoms with Crippen molar-refractivity contribution in [3.63, 3.8) is 0 Å². The summed E-state index contributed by atoms with van der Waals surface area (Å²) < 4.78 is 0. The van der Waals surface area contributed by atoms with E-state index in [-0.39, 0.29) is 0 Å². The number of nitrogens with two attached hydrogens (primary N) is 1. The van der Waals surface area contributed by atoms with Gasteiger partial charge in [-0.05, 0) is 37.6 Å². The van der Waals surface area contributed by atoms with Gasteiger partial charge in [0.1, 0.15) is 6.07 Å². The molecule has 0 saturated carbocycles. The van der Waals surface area contributed by atoms with Crippen molar-refractivity contribution in [1.29, 1.82) is 5.26 Å². The van der Waals surface area contributed by atoms with Gasteiger partial charge in [0.25, 0.3) is 0 Å². The third-order valence-electron chi connectivity index (χ3n) is 4.11. The van der Waals surface area contributed by atoms with Gasteiger partial charge in [-0.2, -0.15) is 5.26 Å². The molecular formula is C14H18N4. The Balaban J connectivity index is 1.79. The quantitative estimate of drug-likeness (QED) is 0.757. The van der Waals surface area contributed by atoms with E-state index in [1.54, 1.807) is 0 Å². The average molecular weight is 242 g/mol. The van der Waals surface area contributed by atoms with Gasteiger partial charge in [0, 0.05) is 31.4 Å². The monoisotopic (exact) mass is 242 g/mol. The van der Waals surface area contributed by atoms with Gasteiger partial charge >= 0.3 is 0 Å². The average Bonchev–Trinajstić information content (AvgIpc) is 2.85. The Morgan fingerprint density at radius 3 is 2.94 bits per heavy atom. The zero-order chi connectivity index (χ0) is 12.5. The predicted octanol–water partition coefficient (Wildman–Crippen LogP) is 1.42. The summed E-state index contributed by atoms with van der Waals surface area (Å²) in [5.74, 6) is 0. The van der Waals surface area contributed by atoms with Crippen LogP contribution < -0.4 is 10.6 Å². The van der Waals surface area contributed by atoms with Crippen LogP contribution in [0.15, 0.2) is 18.2 Å². The van der Waals surface area contributed by atoms with Crippen LogP contribution in [-0.2, 0) is 0 Å². The van der Waals surface area contributed by atoms with Gasteiger partial charge in [-0.25, -0.2) is 0 Å². The minimum absolute atomic E-state index is 0.568. The highest BCUT2D eigenvalue weighted by molar-refractivity contribution is 5.63. The van der Waals surface area contributed by atoms with Gasteiger partial charge in [0.2, 0.25) is 0 Å². The molecule has 2 fully saturated rings. The molecule has 2 aliphatic heterocycles. The van der Waals surface area contributed by atoms with Crippen LogP contribution in [0.1, 0.15) is 18.4 Å². The van der Waals surface area contributed by atoms with Crippen LogP contribution in [0, 0.1) is 11.3 Å². The Hall–Kier alpha value is -1.73. The number of rotatable bonds is 1. The smallest absolute Gasteiger partial charge is 0.101 e. The Kier molecular flexibility index (Phi) is 2.85. The van der Waals surface area contributed by atoms with Gasteiger partial charge < -0.3 is 10.6 Å². The molecule has 2 heterocycles. The van der Waals surface area contributed by atoms with Crippen LogP contribution in [0.2, 0.25) is 0 Å². The highest BCUT2D eigenvalue weighted by atomic mass is 15.3. The molecule has 2 aliphatic rings. The second-order valence-corrected chi connectivity index (χ2v) is 5.16. The predicted molar refractivity (Wildman–Crippen MR) is 72.4 cm³/mol. The second kappa shape index (κ2) is 4.51. The summed E-state index contributed by atoms with van der Waals surface area (Å²) in [5.41, 5.74) is 8.19. The van der Waals surface area contributed by atoms with Crippen molar-refractivity contribution >= 4 is 11.4 Å². The fourth-order valence-corrected chi connectivity index (χ4v) is 3.07. The van der Waals surface area contributed by atoms with E-state index in [4.69, 9.17) is 11.0 Å². The summed E-state index contributed by atoms with van der Waals surface area (Å²) >= 11 is 0. The van der Waals surface area contributed by atoms with Crippen LogP contribution in [0.25, 0.3) is 0 Å². The summed E-state index contributed by atoms with van der Waals surface area (Å²) in [6.07, 6.45) is 2.64. The number of benzene rings is 1. The molecule has 0 bridgehead atoms. The van der Waals surface area contributed by atoms with E-state index < -0.39 is 0 Å². The van der Waals surface area contributed by atoms with E-state index in [2.05, 4.69) is 15.9 Å². The van der Waals surface area contributed by atoms with Crippen LogP contribution in [0.3, 0.4) is 0 Å². The fourth-order valence-electron chi connectivity index (χ4n) is 3.07. The fraction of sp³-hybridized carbons (Fsp3) is 0.500. The number of piperazine rings is 1. The Bertz CT molecular complexity index is 491.